The number of urea groups is 1. The molecule has 0 bridgehead atoms. The van der Waals surface area contributed by atoms with Gasteiger partial charge in [0, 0.05) is 29.0 Å². The van der Waals surface area contributed by atoms with Crippen LogP contribution in [0, 0.1) is 34.5 Å². The van der Waals surface area contributed by atoms with Crippen LogP contribution in [0.1, 0.15) is 119 Å². The van der Waals surface area contributed by atoms with Crippen molar-refractivity contribution in [1.82, 2.24) is 21.3 Å². The molecular formula is C54H77F2N7O13. The summed E-state index contributed by atoms with van der Waals surface area (Å²) in [6, 6.07) is 2.56. The number of benzene rings is 1. The molecular weight excluding hydrogens is 993 g/mol. The van der Waals surface area contributed by atoms with Gasteiger partial charge in [0.1, 0.15) is 30.4 Å². The summed E-state index contributed by atoms with van der Waals surface area (Å²) in [7, 11) is 0. The highest BCUT2D eigenvalue weighted by molar-refractivity contribution is 6.01. The normalized spacial score (nSPS) is 30.6. The first-order valence-electron chi connectivity index (χ1n) is 26.3. The van der Waals surface area contributed by atoms with Crippen molar-refractivity contribution in [3.05, 3.63) is 53.6 Å². The van der Waals surface area contributed by atoms with Crippen LogP contribution in [0.3, 0.4) is 0 Å². The zero-order valence-electron chi connectivity index (χ0n) is 44.9. The van der Waals surface area contributed by atoms with E-state index in [-0.39, 0.29) is 62.7 Å². The van der Waals surface area contributed by atoms with E-state index in [1.807, 2.05) is 20.8 Å². The molecule has 1 aromatic carbocycles. The average molecular weight is 1070 g/mol. The number of esters is 1. The fraction of sp³-hybridized carbons (Fsp3) is 0.667. The van der Waals surface area contributed by atoms with E-state index < -0.39 is 136 Å². The number of hydrogen-bond donors (Lipinski definition) is 8. The molecule has 76 heavy (non-hydrogen) atoms. The monoisotopic (exact) mass is 1070 g/mol. The Labute approximate surface area is 442 Å². The van der Waals surface area contributed by atoms with Crippen LogP contribution in [-0.2, 0) is 54.3 Å². The fourth-order valence-electron chi connectivity index (χ4n) is 12.1. The van der Waals surface area contributed by atoms with Crippen molar-refractivity contribution in [3.8, 4) is 0 Å². The zero-order chi connectivity index (χ0) is 56.3. The Bertz CT molecular complexity index is 2460. The van der Waals surface area contributed by atoms with Gasteiger partial charge in [0.05, 0.1) is 18.2 Å². The third kappa shape index (κ3) is 11.8. The number of nitrogens with one attached hydrogen (secondary N) is 5. The fourth-order valence-corrected chi connectivity index (χ4v) is 12.1. The SMILES string of the molecule is CCCC1O[C@@H]2C[C@H]3[C@@H]4C[C@H](F)C5=CC(=O)C=C[C@]5(C)[C@@]4(F)[C@@H](O)C[C@]3(C)[C@]2(C(=O)COC(=O)C(C)(C)NC(=O)[C@H](CC(C)C)NC(=O)OCc2ccc(NC(=O)[C@H](CCCNC(N)=O)NC(=O)[C@@H](N)C(C)C)cc2)O1. The molecule has 22 heteroatoms. The van der Waals surface area contributed by atoms with E-state index in [4.69, 9.17) is 30.4 Å². The minimum absolute atomic E-state index is 0.0336. The minimum Gasteiger partial charge on any atom is -0.456 e. The summed E-state index contributed by atoms with van der Waals surface area (Å²) < 4.78 is 58.1. The smallest absolute Gasteiger partial charge is 0.408 e. The van der Waals surface area contributed by atoms with Gasteiger partial charge in [-0.2, -0.15) is 0 Å². The lowest BCUT2D eigenvalue weighted by atomic mass is 9.44. The van der Waals surface area contributed by atoms with E-state index in [0.717, 1.165) is 6.08 Å². The van der Waals surface area contributed by atoms with Crippen LogP contribution in [0.5, 0.6) is 0 Å². The molecule has 420 valence electrons. The van der Waals surface area contributed by atoms with Gasteiger partial charge in [0.25, 0.3) is 0 Å². The Morgan fingerprint density at radius 3 is 2.26 bits per heavy atom. The van der Waals surface area contributed by atoms with E-state index in [1.54, 1.807) is 45.0 Å². The van der Waals surface area contributed by atoms with Crippen LogP contribution in [-0.4, -0.2) is 125 Å². The maximum absolute atomic E-state index is 17.9. The number of aliphatic hydroxyl groups is 1. The van der Waals surface area contributed by atoms with Gasteiger partial charge in [-0.3, -0.25) is 24.0 Å². The van der Waals surface area contributed by atoms with E-state index in [0.29, 0.717) is 30.5 Å². The molecule has 4 fully saturated rings. The van der Waals surface area contributed by atoms with Gasteiger partial charge in [-0.05, 0) is 119 Å². The summed E-state index contributed by atoms with van der Waals surface area (Å²) in [4.78, 5) is 105. The molecule has 0 aromatic heterocycles. The maximum Gasteiger partial charge on any atom is 0.408 e. The Morgan fingerprint density at radius 2 is 1.63 bits per heavy atom. The average Bonchev–Trinajstić information content (AvgIpc) is 3.87. The molecule has 1 saturated heterocycles. The highest BCUT2D eigenvalue weighted by Gasteiger charge is 2.80. The van der Waals surface area contributed by atoms with E-state index in [1.165, 1.54) is 32.9 Å². The van der Waals surface area contributed by atoms with Gasteiger partial charge in [0.2, 0.25) is 23.5 Å². The van der Waals surface area contributed by atoms with Crippen molar-refractivity contribution >= 4 is 53.1 Å². The lowest BCUT2D eigenvalue weighted by molar-refractivity contribution is -0.235. The van der Waals surface area contributed by atoms with Crippen LogP contribution >= 0.6 is 0 Å². The summed E-state index contributed by atoms with van der Waals surface area (Å²) in [6.07, 6.45) is -1.44. The third-order valence-corrected chi connectivity index (χ3v) is 16.2. The summed E-state index contributed by atoms with van der Waals surface area (Å²) in [5.41, 5.74) is 3.00. The van der Waals surface area contributed by atoms with E-state index >= 15 is 8.78 Å². The van der Waals surface area contributed by atoms with Crippen LogP contribution in [0.4, 0.5) is 24.1 Å². The molecule has 1 aliphatic heterocycles. The summed E-state index contributed by atoms with van der Waals surface area (Å²) in [5, 5.41) is 25.0. The number of halogens is 2. The minimum atomic E-state index is -2.41. The first kappa shape index (κ1) is 59.4. The summed E-state index contributed by atoms with van der Waals surface area (Å²) in [5.74, 6) is -6.15. The molecule has 20 nitrogen and oxygen atoms in total. The van der Waals surface area contributed by atoms with Crippen LogP contribution in [0.2, 0.25) is 0 Å². The van der Waals surface area contributed by atoms with Crippen molar-refractivity contribution < 1.29 is 71.2 Å². The van der Waals surface area contributed by atoms with Gasteiger partial charge < -0.3 is 62.1 Å². The predicted molar refractivity (Wildman–Crippen MR) is 273 cm³/mol. The number of anilines is 1. The number of alkyl carbamates (subject to hydrolysis) is 1. The standard InChI is InChI=1S/C54H77F2N7O13/c1-10-12-42-75-41-24-33-34-23-36(55)35-22-32(64)18-19-51(35,8)53(34,56)39(65)25-52(33,9)54(41,76-42)40(66)27-73-47(70)50(6,7)63-45(68)38(21-28(2)3)62-49(72)74-26-30-14-16-31(17-15-30)60-44(67)37(13-11-20-59-48(58)71)61-46(69)43(57)29(4)5/h14-19,22,28-29,33-34,36-39,41-43,65H,10-13,20-21,23-27,57H2,1-9H3,(H,60,67)(H,61,69)(H,62,72)(H,63,68)(H3,58,59,71)/t33-,34-,36-,37-,38-,39-,41+,42?,43-,51-,52-,53-,54+/m0/s1. The van der Waals surface area contributed by atoms with Gasteiger partial charge >= 0.3 is 18.1 Å². The number of aliphatic hydroxyl groups excluding tert-OH is 1. The number of rotatable bonds is 22. The summed E-state index contributed by atoms with van der Waals surface area (Å²) in [6.45, 7) is 14.1. The molecule has 1 heterocycles. The molecule has 1 aromatic rings. The first-order valence-corrected chi connectivity index (χ1v) is 26.3. The number of primary amides is 1. The number of carbonyl (C=O) groups excluding carboxylic acids is 8. The number of Topliss-reactive ketones (excluding diaryl/α,β-unsaturated/α-hetero) is 1. The van der Waals surface area contributed by atoms with Crippen molar-refractivity contribution in [2.45, 2.75) is 180 Å². The van der Waals surface area contributed by atoms with E-state index in [9.17, 15) is 43.5 Å². The number of fused-ring (bicyclic) bond motifs is 7. The predicted octanol–water partition coefficient (Wildman–Crippen LogP) is 4.40. The molecule has 4 aliphatic carbocycles. The number of amides is 6. The largest absolute Gasteiger partial charge is 0.456 e. The molecule has 10 N–H and O–H groups in total. The Balaban J connectivity index is 1.07. The molecule has 6 amide bonds. The molecule has 1 unspecified atom stereocenters. The van der Waals surface area contributed by atoms with Crippen LogP contribution < -0.4 is 38.1 Å². The Kier molecular flexibility index (Phi) is 18.3. The van der Waals surface area contributed by atoms with Crippen molar-refractivity contribution in [3.63, 3.8) is 0 Å². The Morgan fingerprint density at radius 1 is 0.947 bits per heavy atom. The quantitative estimate of drug-likeness (QED) is 0.0590. The topological polar surface area (TPSA) is 306 Å². The number of carbonyl (C=O) groups is 8. The maximum atomic E-state index is 17.9. The number of allylic oxidation sites excluding steroid dienone is 4. The van der Waals surface area contributed by atoms with Crippen molar-refractivity contribution in [2.75, 3.05) is 18.5 Å². The van der Waals surface area contributed by atoms with Crippen molar-refractivity contribution in [1.29, 1.82) is 0 Å². The van der Waals surface area contributed by atoms with Gasteiger partial charge in [-0.25, -0.2) is 23.2 Å². The second-order valence-electron chi connectivity index (χ2n) is 22.8. The highest BCUT2D eigenvalue weighted by atomic mass is 19.1. The number of hydrogen-bond acceptors (Lipinski definition) is 14. The number of ketones is 2. The molecule has 0 spiro atoms. The lowest BCUT2D eigenvalue weighted by Crippen LogP contribution is -2.71. The van der Waals surface area contributed by atoms with Crippen LogP contribution in [0.25, 0.3) is 0 Å². The lowest BCUT2D eigenvalue weighted by Gasteiger charge is -2.63. The van der Waals surface area contributed by atoms with Gasteiger partial charge in [-0.15, -0.1) is 0 Å². The number of alkyl halides is 2. The molecule has 0 radical (unpaired) electrons. The van der Waals surface area contributed by atoms with Gasteiger partial charge in [0.15, 0.2) is 29.9 Å². The molecule has 13 atom stereocenters. The second kappa shape index (κ2) is 23.4. The zero-order valence-corrected chi connectivity index (χ0v) is 44.9. The highest BCUT2D eigenvalue weighted by Crippen LogP contribution is 2.72. The molecule has 6 rings (SSSR count). The third-order valence-electron chi connectivity index (χ3n) is 16.2. The number of ether oxygens (including phenoxy) is 4. The number of nitrogens with two attached hydrogens (primary N) is 2. The summed E-state index contributed by atoms with van der Waals surface area (Å²) >= 11 is 0. The van der Waals surface area contributed by atoms with Crippen LogP contribution in [0.15, 0.2) is 48.1 Å². The van der Waals surface area contributed by atoms with Crippen molar-refractivity contribution in [2.24, 2.45) is 46.0 Å². The van der Waals surface area contributed by atoms with Gasteiger partial charge in [-0.1, -0.05) is 66.2 Å². The second-order valence-corrected chi connectivity index (χ2v) is 22.8. The Hall–Kier alpha value is -5.84. The first-order chi connectivity index (χ1) is 35.5. The molecule has 3 saturated carbocycles. The van der Waals surface area contributed by atoms with E-state index in [2.05, 4.69) is 26.6 Å². The molecule has 5 aliphatic rings.